The topological polar surface area (TPSA) is 81.5 Å². The average molecular weight is 135 g/mol. The standard InChI is InChI=1S/C2H5N3O2S/c1-8-4-2(3)5(6)7/h1H3,(H2,3,4). The van der Waals surface area contributed by atoms with Crippen LogP contribution in [0.2, 0.25) is 0 Å². The number of guanidine groups is 1. The van der Waals surface area contributed by atoms with E-state index >= 15 is 0 Å². The van der Waals surface area contributed by atoms with Crippen LogP contribution in [0.3, 0.4) is 0 Å². The second-order valence-corrected chi connectivity index (χ2v) is 1.44. The quantitative estimate of drug-likeness (QED) is 0.178. The number of rotatable bonds is 1. The lowest BCUT2D eigenvalue weighted by molar-refractivity contribution is -0.351. The summed E-state index contributed by atoms with van der Waals surface area (Å²) in [5, 5.41) is 9.63. The number of nitrogens with zero attached hydrogens (tertiary/aromatic N) is 2. The van der Waals surface area contributed by atoms with Crippen LogP contribution in [-0.2, 0) is 0 Å². The van der Waals surface area contributed by atoms with E-state index in [0.717, 1.165) is 11.9 Å². The molecule has 0 atom stereocenters. The molecule has 0 fully saturated rings. The van der Waals surface area contributed by atoms with Gasteiger partial charge in [0, 0.05) is 6.26 Å². The Morgan fingerprint density at radius 2 is 2.50 bits per heavy atom. The minimum atomic E-state index is -0.740. The van der Waals surface area contributed by atoms with Crippen molar-refractivity contribution in [3.8, 4) is 0 Å². The lowest BCUT2D eigenvalue weighted by atomic mass is 11.1. The molecule has 0 aliphatic carbocycles. The number of nitrogens with two attached hydrogens (primary N) is 1. The molecule has 0 rings (SSSR count). The van der Waals surface area contributed by atoms with Gasteiger partial charge in [-0.2, -0.15) is 0 Å². The summed E-state index contributed by atoms with van der Waals surface area (Å²) in [7, 11) is 0. The number of hydrogen-bond donors (Lipinski definition) is 1. The number of hydrogen-bond acceptors (Lipinski definition) is 4. The molecule has 0 unspecified atom stereocenters. The van der Waals surface area contributed by atoms with Gasteiger partial charge in [0.05, 0.1) is 11.9 Å². The molecule has 0 aliphatic heterocycles. The van der Waals surface area contributed by atoms with Gasteiger partial charge in [-0.3, -0.25) is 5.73 Å². The molecule has 0 spiro atoms. The Morgan fingerprint density at radius 3 is 2.62 bits per heavy atom. The highest BCUT2D eigenvalue weighted by molar-refractivity contribution is 7.97. The highest BCUT2D eigenvalue weighted by atomic mass is 32.2. The maximum Gasteiger partial charge on any atom is 0.432 e. The Kier molecular flexibility index (Phi) is 2.93. The average Bonchev–Trinajstić information content (AvgIpc) is 1.67. The molecule has 2 N–H and O–H groups in total. The fourth-order valence-corrected chi connectivity index (χ4v) is 0.381. The van der Waals surface area contributed by atoms with Crippen molar-refractivity contribution in [2.75, 3.05) is 6.26 Å². The van der Waals surface area contributed by atoms with E-state index in [4.69, 9.17) is 5.73 Å². The summed E-state index contributed by atoms with van der Waals surface area (Å²) in [6.45, 7) is 0. The van der Waals surface area contributed by atoms with Crippen LogP contribution in [0, 0.1) is 10.1 Å². The van der Waals surface area contributed by atoms with Gasteiger partial charge in [-0.15, -0.1) is 0 Å². The van der Waals surface area contributed by atoms with E-state index in [2.05, 4.69) is 4.40 Å². The van der Waals surface area contributed by atoms with Gasteiger partial charge in [-0.1, -0.05) is 0 Å². The molecule has 0 aromatic heterocycles. The van der Waals surface area contributed by atoms with Crippen molar-refractivity contribution in [2.24, 2.45) is 10.1 Å². The van der Waals surface area contributed by atoms with Gasteiger partial charge < -0.3 is 10.1 Å². The summed E-state index contributed by atoms with van der Waals surface area (Å²) < 4.78 is 3.24. The van der Waals surface area contributed by atoms with Crippen molar-refractivity contribution < 1.29 is 4.92 Å². The first-order valence-electron chi connectivity index (χ1n) is 1.69. The molecular formula is C2H5N3O2S. The monoisotopic (exact) mass is 135 g/mol. The first-order valence-corrected chi connectivity index (χ1v) is 2.87. The Bertz CT molecular complexity index is 122. The second kappa shape index (κ2) is 3.25. The summed E-state index contributed by atoms with van der Waals surface area (Å²) in [6.07, 6.45) is 1.59. The van der Waals surface area contributed by atoms with Gasteiger partial charge in [0.2, 0.25) is 0 Å². The predicted octanol–water partition coefficient (Wildman–Crippen LogP) is -0.144. The fourth-order valence-electron chi connectivity index (χ4n) is 0.127. The molecule has 0 amide bonds. The van der Waals surface area contributed by atoms with Crippen LogP contribution in [0.25, 0.3) is 0 Å². The molecule has 0 saturated heterocycles. The van der Waals surface area contributed by atoms with Crippen molar-refractivity contribution in [2.45, 2.75) is 0 Å². The van der Waals surface area contributed by atoms with Gasteiger partial charge in [0.25, 0.3) is 0 Å². The normalized spacial score (nSPS) is 11.4. The maximum absolute atomic E-state index is 9.63. The Hall–Kier alpha value is -0.780. The van der Waals surface area contributed by atoms with Crippen molar-refractivity contribution in [1.82, 2.24) is 0 Å². The molecular weight excluding hydrogens is 130 g/mol. The molecule has 0 radical (unpaired) electrons. The van der Waals surface area contributed by atoms with Crippen LogP contribution >= 0.6 is 11.9 Å². The molecule has 0 aromatic carbocycles. The maximum atomic E-state index is 9.63. The van der Waals surface area contributed by atoms with Crippen LogP contribution in [-0.4, -0.2) is 17.1 Å². The van der Waals surface area contributed by atoms with Gasteiger partial charge >= 0.3 is 5.96 Å². The van der Waals surface area contributed by atoms with Crippen LogP contribution in [0.15, 0.2) is 4.40 Å². The predicted molar refractivity (Wildman–Crippen MR) is 32.1 cm³/mol. The van der Waals surface area contributed by atoms with E-state index < -0.39 is 10.9 Å². The van der Waals surface area contributed by atoms with Crippen molar-refractivity contribution in [3.63, 3.8) is 0 Å². The fraction of sp³-hybridized carbons (Fsp3) is 0.500. The number of nitro groups is 1. The Balaban J connectivity index is 3.80. The van der Waals surface area contributed by atoms with E-state index in [1.807, 2.05) is 0 Å². The Morgan fingerprint density at radius 1 is 2.00 bits per heavy atom. The van der Waals surface area contributed by atoms with E-state index in [0.29, 0.717) is 0 Å². The summed E-state index contributed by atoms with van der Waals surface area (Å²) >= 11 is 0.959. The molecule has 46 valence electrons. The minimum absolute atomic E-state index is 0.558. The first-order chi connectivity index (χ1) is 3.68. The second-order valence-electron chi connectivity index (χ2n) is 0.889. The highest BCUT2D eigenvalue weighted by Gasteiger charge is 1.98. The minimum Gasteiger partial charge on any atom is -0.390 e. The lowest BCUT2D eigenvalue weighted by Crippen LogP contribution is -2.21. The van der Waals surface area contributed by atoms with Crippen molar-refractivity contribution in [1.29, 1.82) is 0 Å². The van der Waals surface area contributed by atoms with E-state index in [1.54, 1.807) is 6.26 Å². The molecule has 6 heteroatoms. The third-order valence-corrected chi connectivity index (χ3v) is 0.742. The van der Waals surface area contributed by atoms with Crippen LogP contribution in [0.1, 0.15) is 0 Å². The van der Waals surface area contributed by atoms with E-state index in [1.165, 1.54) is 0 Å². The SMILES string of the molecule is CS/N=C(\N)[N+](=O)[O-]. The third-order valence-electron chi connectivity index (χ3n) is 0.372. The summed E-state index contributed by atoms with van der Waals surface area (Å²) in [4.78, 5) is 8.89. The smallest absolute Gasteiger partial charge is 0.390 e. The van der Waals surface area contributed by atoms with Crippen LogP contribution < -0.4 is 5.73 Å². The van der Waals surface area contributed by atoms with E-state index in [-0.39, 0.29) is 0 Å². The van der Waals surface area contributed by atoms with Crippen LogP contribution in [0.4, 0.5) is 0 Å². The highest BCUT2D eigenvalue weighted by Crippen LogP contribution is 1.91. The summed E-state index contributed by atoms with van der Waals surface area (Å²) in [6, 6.07) is 0. The Labute approximate surface area is 50.3 Å². The zero-order valence-corrected chi connectivity index (χ0v) is 5.01. The molecule has 8 heavy (non-hydrogen) atoms. The molecule has 0 saturated carbocycles. The third kappa shape index (κ3) is 2.40. The molecule has 5 nitrogen and oxygen atoms in total. The van der Waals surface area contributed by atoms with Crippen molar-refractivity contribution in [3.05, 3.63) is 10.1 Å². The van der Waals surface area contributed by atoms with Gasteiger partial charge in [-0.05, 0) is 9.32 Å². The van der Waals surface area contributed by atoms with Crippen molar-refractivity contribution >= 4 is 17.9 Å². The lowest BCUT2D eigenvalue weighted by Gasteiger charge is -1.87. The van der Waals surface area contributed by atoms with Crippen LogP contribution in [0.5, 0.6) is 0 Å². The zero-order valence-electron chi connectivity index (χ0n) is 4.20. The molecule has 0 bridgehead atoms. The van der Waals surface area contributed by atoms with Gasteiger partial charge in [0.1, 0.15) is 0 Å². The summed E-state index contributed by atoms with van der Waals surface area (Å²) in [5.41, 5.74) is 4.76. The largest absolute Gasteiger partial charge is 0.432 e. The van der Waals surface area contributed by atoms with E-state index in [9.17, 15) is 10.1 Å². The molecule has 0 aliphatic rings. The van der Waals surface area contributed by atoms with Gasteiger partial charge in [0.15, 0.2) is 0 Å². The first kappa shape index (κ1) is 7.22. The van der Waals surface area contributed by atoms with Gasteiger partial charge in [-0.25, -0.2) is 0 Å². The summed E-state index contributed by atoms with van der Waals surface area (Å²) in [5.74, 6) is -0.558. The molecule has 0 aromatic rings. The molecule has 0 heterocycles. The zero-order chi connectivity index (χ0) is 6.57.